The fourth-order valence-corrected chi connectivity index (χ4v) is 5.32. The molecule has 0 aromatic heterocycles. The molecule has 0 N–H and O–H groups in total. The van der Waals surface area contributed by atoms with Gasteiger partial charge in [0, 0.05) is 44.7 Å². The Kier molecular flexibility index (Phi) is 6.71. The third-order valence-electron chi connectivity index (χ3n) is 5.62. The second-order valence-electron chi connectivity index (χ2n) is 7.55. The molecule has 7 nitrogen and oxygen atoms in total. The van der Waals surface area contributed by atoms with E-state index in [4.69, 9.17) is 4.74 Å². The third kappa shape index (κ3) is 5.06. The fraction of sp³-hybridized carbons (Fsp3) is 0.833. The molecule has 0 radical (unpaired) electrons. The van der Waals surface area contributed by atoms with E-state index in [-0.39, 0.29) is 17.9 Å². The maximum absolute atomic E-state index is 12.6. The van der Waals surface area contributed by atoms with Crippen LogP contribution in [-0.4, -0.2) is 93.2 Å². The molecule has 1 aliphatic carbocycles. The van der Waals surface area contributed by atoms with Gasteiger partial charge in [0.15, 0.2) is 0 Å². The minimum atomic E-state index is -3.28. The monoisotopic (exact) mass is 385 g/mol. The number of ether oxygens (including phenoxy) is 1. The van der Waals surface area contributed by atoms with Crippen molar-refractivity contribution in [2.24, 2.45) is 5.92 Å². The molecule has 148 valence electrons. The van der Waals surface area contributed by atoms with Crippen molar-refractivity contribution >= 4 is 15.9 Å². The summed E-state index contributed by atoms with van der Waals surface area (Å²) < 4.78 is 31.6. The maximum atomic E-state index is 12.6. The predicted molar refractivity (Wildman–Crippen MR) is 100 cm³/mol. The molecule has 3 rings (SSSR count). The quantitative estimate of drug-likeness (QED) is 0.598. The van der Waals surface area contributed by atoms with Crippen LogP contribution in [0, 0.1) is 5.92 Å². The van der Waals surface area contributed by atoms with Gasteiger partial charge in [-0.05, 0) is 32.2 Å². The highest BCUT2D eigenvalue weighted by atomic mass is 32.2. The number of carbonyl (C=O) groups is 1. The van der Waals surface area contributed by atoms with E-state index in [2.05, 4.69) is 17.1 Å². The topological polar surface area (TPSA) is 70.2 Å². The van der Waals surface area contributed by atoms with E-state index in [1.165, 1.54) is 6.26 Å². The SMILES string of the molecule is CS(=O)(=O)N(CCCN1CCOCC1)C1CCN(C(=O)C2CC=CC2)C1. The van der Waals surface area contributed by atoms with Crippen molar-refractivity contribution in [3.05, 3.63) is 12.2 Å². The van der Waals surface area contributed by atoms with Crippen molar-refractivity contribution in [3.63, 3.8) is 0 Å². The van der Waals surface area contributed by atoms with Crippen molar-refractivity contribution in [1.29, 1.82) is 0 Å². The number of hydrogen-bond acceptors (Lipinski definition) is 5. The molecular formula is C18H31N3O4S. The summed E-state index contributed by atoms with van der Waals surface area (Å²) in [5.74, 6) is 0.237. The summed E-state index contributed by atoms with van der Waals surface area (Å²) in [5.41, 5.74) is 0. The van der Waals surface area contributed by atoms with Crippen LogP contribution in [0.4, 0.5) is 0 Å². The van der Waals surface area contributed by atoms with Crippen LogP contribution in [0.2, 0.25) is 0 Å². The molecule has 26 heavy (non-hydrogen) atoms. The number of morpholine rings is 1. The molecule has 0 bridgehead atoms. The molecule has 0 aromatic carbocycles. The number of rotatable bonds is 7. The first-order chi connectivity index (χ1) is 12.4. The Bertz CT molecular complexity index is 608. The molecule has 2 fully saturated rings. The average molecular weight is 386 g/mol. The summed E-state index contributed by atoms with van der Waals surface area (Å²) in [5, 5.41) is 0. The minimum absolute atomic E-state index is 0.0572. The van der Waals surface area contributed by atoms with Gasteiger partial charge < -0.3 is 9.64 Å². The van der Waals surface area contributed by atoms with Crippen LogP contribution < -0.4 is 0 Å². The van der Waals surface area contributed by atoms with Crippen LogP contribution in [0.1, 0.15) is 25.7 Å². The van der Waals surface area contributed by atoms with Crippen LogP contribution in [-0.2, 0) is 19.6 Å². The lowest BCUT2D eigenvalue weighted by atomic mass is 10.1. The van der Waals surface area contributed by atoms with E-state index < -0.39 is 10.0 Å². The molecule has 1 amide bonds. The maximum Gasteiger partial charge on any atom is 0.226 e. The van der Waals surface area contributed by atoms with Gasteiger partial charge in [-0.3, -0.25) is 9.69 Å². The van der Waals surface area contributed by atoms with Crippen LogP contribution in [0.3, 0.4) is 0 Å². The largest absolute Gasteiger partial charge is 0.379 e. The lowest BCUT2D eigenvalue weighted by Gasteiger charge is -2.30. The van der Waals surface area contributed by atoms with Crippen molar-refractivity contribution in [2.45, 2.75) is 31.7 Å². The zero-order chi connectivity index (χ0) is 18.6. The number of allylic oxidation sites excluding steroid dienone is 2. The molecule has 8 heteroatoms. The van der Waals surface area contributed by atoms with Gasteiger partial charge in [0.25, 0.3) is 0 Å². The third-order valence-corrected chi connectivity index (χ3v) is 6.95. The zero-order valence-electron chi connectivity index (χ0n) is 15.7. The van der Waals surface area contributed by atoms with Gasteiger partial charge in [-0.25, -0.2) is 8.42 Å². The lowest BCUT2D eigenvalue weighted by molar-refractivity contribution is -0.134. The number of amides is 1. The standard InChI is InChI=1S/C18H31N3O4S/c1-26(23,24)21(9-4-8-19-11-13-25-14-12-19)17-7-10-20(15-17)18(22)16-5-2-3-6-16/h2-3,16-17H,4-15H2,1H3. The molecule has 2 heterocycles. The summed E-state index contributed by atoms with van der Waals surface area (Å²) in [6, 6.07) is -0.0898. The fourth-order valence-electron chi connectivity index (χ4n) is 4.15. The van der Waals surface area contributed by atoms with Crippen molar-refractivity contribution in [2.75, 3.05) is 58.7 Å². The molecule has 2 aliphatic heterocycles. The van der Waals surface area contributed by atoms with Gasteiger partial charge in [0.1, 0.15) is 0 Å². The molecule has 1 atom stereocenters. The number of hydrogen-bond donors (Lipinski definition) is 0. The number of nitrogens with zero attached hydrogens (tertiary/aromatic N) is 3. The van der Waals surface area contributed by atoms with Crippen molar-refractivity contribution < 1.29 is 17.9 Å². The van der Waals surface area contributed by atoms with E-state index in [9.17, 15) is 13.2 Å². The Morgan fingerprint density at radius 1 is 1.19 bits per heavy atom. The zero-order valence-corrected chi connectivity index (χ0v) is 16.5. The first kappa shape index (κ1) is 19.8. The van der Waals surface area contributed by atoms with Crippen LogP contribution in [0.15, 0.2) is 12.2 Å². The molecule has 0 aromatic rings. The van der Waals surface area contributed by atoms with Gasteiger partial charge in [-0.1, -0.05) is 12.2 Å². The molecule has 0 saturated carbocycles. The first-order valence-corrected chi connectivity index (χ1v) is 11.5. The second kappa shape index (κ2) is 8.82. The van der Waals surface area contributed by atoms with Crippen molar-refractivity contribution in [1.82, 2.24) is 14.1 Å². The Labute approximate surface area is 157 Å². The van der Waals surface area contributed by atoms with Crippen molar-refractivity contribution in [3.8, 4) is 0 Å². The Morgan fingerprint density at radius 2 is 1.88 bits per heavy atom. The highest BCUT2D eigenvalue weighted by Gasteiger charge is 2.36. The number of carbonyl (C=O) groups excluding carboxylic acids is 1. The van der Waals surface area contributed by atoms with Gasteiger partial charge in [0.05, 0.1) is 19.5 Å². The Hall–Kier alpha value is -0.960. The summed E-state index contributed by atoms with van der Waals surface area (Å²) in [7, 11) is -3.28. The smallest absolute Gasteiger partial charge is 0.226 e. The van der Waals surface area contributed by atoms with Crippen LogP contribution in [0.5, 0.6) is 0 Å². The molecule has 3 aliphatic rings. The highest BCUT2D eigenvalue weighted by molar-refractivity contribution is 7.88. The summed E-state index contributed by atoms with van der Waals surface area (Å²) in [6.45, 7) is 5.94. The van der Waals surface area contributed by atoms with Gasteiger partial charge >= 0.3 is 0 Å². The molecule has 0 spiro atoms. The predicted octanol–water partition coefficient (Wildman–Crippen LogP) is 0.537. The lowest BCUT2D eigenvalue weighted by Crippen LogP contribution is -2.44. The molecular weight excluding hydrogens is 354 g/mol. The average Bonchev–Trinajstić information content (AvgIpc) is 3.30. The van der Waals surface area contributed by atoms with Crippen LogP contribution >= 0.6 is 0 Å². The van der Waals surface area contributed by atoms with Gasteiger partial charge in [0.2, 0.25) is 15.9 Å². The molecule has 1 unspecified atom stereocenters. The number of likely N-dealkylation sites (tertiary alicyclic amines) is 1. The van der Waals surface area contributed by atoms with E-state index >= 15 is 0 Å². The van der Waals surface area contributed by atoms with Gasteiger partial charge in [-0.15, -0.1) is 0 Å². The van der Waals surface area contributed by atoms with E-state index in [1.54, 1.807) is 4.31 Å². The molecule has 2 saturated heterocycles. The number of sulfonamides is 1. The minimum Gasteiger partial charge on any atom is -0.379 e. The first-order valence-electron chi connectivity index (χ1n) is 9.66. The van der Waals surface area contributed by atoms with E-state index in [0.717, 1.165) is 58.5 Å². The summed E-state index contributed by atoms with van der Waals surface area (Å²) in [4.78, 5) is 16.8. The summed E-state index contributed by atoms with van der Waals surface area (Å²) in [6.07, 6.45) is 8.58. The second-order valence-corrected chi connectivity index (χ2v) is 9.48. The van der Waals surface area contributed by atoms with E-state index in [0.29, 0.717) is 19.6 Å². The van der Waals surface area contributed by atoms with Gasteiger partial charge in [-0.2, -0.15) is 4.31 Å². The highest BCUT2D eigenvalue weighted by Crippen LogP contribution is 2.25. The Balaban J connectivity index is 1.52. The normalized spacial score (nSPS) is 25.5. The van der Waals surface area contributed by atoms with E-state index in [1.807, 2.05) is 4.90 Å². The van der Waals surface area contributed by atoms with Crippen LogP contribution in [0.25, 0.3) is 0 Å². The Morgan fingerprint density at radius 3 is 2.54 bits per heavy atom. The summed E-state index contributed by atoms with van der Waals surface area (Å²) >= 11 is 0.